The number of carboxylic acids is 1. The van der Waals surface area contributed by atoms with Gasteiger partial charge in [0.1, 0.15) is 5.54 Å². The summed E-state index contributed by atoms with van der Waals surface area (Å²) in [5.74, 6) is -1.04. The highest BCUT2D eigenvalue weighted by Crippen LogP contribution is 2.48. The minimum absolute atomic E-state index is 0.0995. The van der Waals surface area contributed by atoms with Gasteiger partial charge in [0.05, 0.1) is 6.33 Å². The van der Waals surface area contributed by atoms with Crippen molar-refractivity contribution in [1.82, 2.24) is 9.97 Å². The van der Waals surface area contributed by atoms with E-state index in [0.717, 1.165) is 5.69 Å². The molecule has 0 aromatic carbocycles. The number of hydrogen-bond acceptors (Lipinski definition) is 3. The van der Waals surface area contributed by atoms with Gasteiger partial charge < -0.3 is 15.8 Å². The molecule has 1 heterocycles. The maximum absolute atomic E-state index is 10.6. The fraction of sp³-hybridized carbons (Fsp3) is 0.429. The second kappa shape index (κ2) is 2.07. The third-order valence-corrected chi connectivity index (χ3v) is 2.30. The molecule has 0 bridgehead atoms. The number of aromatic amines is 1. The van der Waals surface area contributed by atoms with Crippen molar-refractivity contribution in [3.63, 3.8) is 0 Å². The van der Waals surface area contributed by atoms with Crippen LogP contribution in [0, 0.1) is 0 Å². The van der Waals surface area contributed by atoms with Gasteiger partial charge in [0.2, 0.25) is 0 Å². The molecule has 0 radical (unpaired) electrons. The minimum atomic E-state index is -1.06. The summed E-state index contributed by atoms with van der Waals surface area (Å²) in [5.41, 5.74) is 5.32. The molecular weight excluding hydrogens is 158 g/mol. The first kappa shape index (κ1) is 7.30. The van der Waals surface area contributed by atoms with Crippen LogP contribution < -0.4 is 5.73 Å². The van der Waals surface area contributed by atoms with Crippen LogP contribution in [0.1, 0.15) is 18.0 Å². The number of nitrogens with one attached hydrogen (secondary N) is 1. The highest BCUT2D eigenvalue weighted by atomic mass is 16.4. The van der Waals surface area contributed by atoms with Gasteiger partial charge in [-0.05, 0) is 6.42 Å². The third kappa shape index (κ3) is 0.831. The van der Waals surface area contributed by atoms with Gasteiger partial charge >= 0.3 is 5.97 Å². The number of carbonyl (C=O) groups is 1. The topological polar surface area (TPSA) is 92.0 Å². The molecule has 5 nitrogen and oxygen atoms in total. The Morgan fingerprint density at radius 1 is 1.92 bits per heavy atom. The van der Waals surface area contributed by atoms with Crippen LogP contribution in [0.4, 0.5) is 0 Å². The molecule has 0 spiro atoms. The maximum Gasteiger partial charge on any atom is 0.324 e. The zero-order valence-electron chi connectivity index (χ0n) is 6.32. The molecule has 1 aliphatic rings. The number of carboxylic acid groups (broad SMARTS) is 1. The first-order valence-corrected chi connectivity index (χ1v) is 3.65. The van der Waals surface area contributed by atoms with Crippen molar-refractivity contribution in [2.45, 2.75) is 17.9 Å². The molecule has 2 atom stereocenters. The largest absolute Gasteiger partial charge is 0.480 e. The summed E-state index contributed by atoms with van der Waals surface area (Å²) in [6.45, 7) is 0. The van der Waals surface area contributed by atoms with E-state index in [1.807, 2.05) is 0 Å². The van der Waals surface area contributed by atoms with Crippen LogP contribution >= 0.6 is 0 Å². The number of hydrogen-bond donors (Lipinski definition) is 3. The van der Waals surface area contributed by atoms with Gasteiger partial charge in [-0.15, -0.1) is 0 Å². The molecule has 1 aliphatic carbocycles. The lowest BCUT2D eigenvalue weighted by molar-refractivity contribution is -0.139. The van der Waals surface area contributed by atoms with E-state index in [4.69, 9.17) is 10.8 Å². The Balaban J connectivity index is 2.19. The van der Waals surface area contributed by atoms with E-state index in [1.54, 1.807) is 6.20 Å². The molecular formula is C7H9N3O2. The van der Waals surface area contributed by atoms with Crippen molar-refractivity contribution < 1.29 is 9.90 Å². The molecule has 1 aromatic heterocycles. The number of imidazole rings is 1. The molecule has 1 saturated carbocycles. The molecule has 64 valence electrons. The van der Waals surface area contributed by atoms with E-state index in [1.165, 1.54) is 6.33 Å². The number of nitrogens with zero attached hydrogens (tertiary/aromatic N) is 1. The Morgan fingerprint density at radius 2 is 2.67 bits per heavy atom. The zero-order chi connectivity index (χ0) is 8.77. The molecule has 2 unspecified atom stereocenters. The van der Waals surface area contributed by atoms with Crippen LogP contribution in [0.3, 0.4) is 0 Å². The van der Waals surface area contributed by atoms with Crippen LogP contribution in [0.5, 0.6) is 0 Å². The Bertz CT molecular complexity index is 308. The van der Waals surface area contributed by atoms with E-state index in [9.17, 15) is 4.79 Å². The first-order valence-electron chi connectivity index (χ1n) is 3.65. The summed E-state index contributed by atoms with van der Waals surface area (Å²) in [7, 11) is 0. The van der Waals surface area contributed by atoms with Gasteiger partial charge in [-0.1, -0.05) is 0 Å². The van der Waals surface area contributed by atoms with Crippen molar-refractivity contribution in [2.75, 3.05) is 0 Å². The zero-order valence-corrected chi connectivity index (χ0v) is 6.32. The molecule has 1 aromatic rings. The van der Waals surface area contributed by atoms with Crippen LogP contribution in [0.2, 0.25) is 0 Å². The van der Waals surface area contributed by atoms with Crippen LogP contribution in [-0.2, 0) is 4.79 Å². The number of aliphatic carboxylic acids is 1. The summed E-state index contributed by atoms with van der Waals surface area (Å²) in [6, 6.07) is 0. The lowest BCUT2D eigenvalue weighted by Gasteiger charge is -2.02. The Kier molecular flexibility index (Phi) is 1.26. The standard InChI is InChI=1S/C7H9N3O2/c8-7(6(11)12)1-4(7)5-2-9-3-10-5/h2-4H,1,8H2,(H,9,10)(H,11,12). The van der Waals surface area contributed by atoms with Gasteiger partial charge in [-0.25, -0.2) is 4.98 Å². The van der Waals surface area contributed by atoms with Crippen molar-refractivity contribution in [3.05, 3.63) is 18.2 Å². The average Bonchev–Trinajstić information content (AvgIpc) is 2.49. The first-order chi connectivity index (χ1) is 5.64. The smallest absolute Gasteiger partial charge is 0.324 e. The molecule has 4 N–H and O–H groups in total. The monoisotopic (exact) mass is 167 g/mol. The predicted octanol–water partition coefficient (Wildman–Crippen LogP) is -0.321. The highest BCUT2D eigenvalue weighted by molar-refractivity contribution is 5.84. The summed E-state index contributed by atoms with van der Waals surface area (Å²) in [5, 5.41) is 8.72. The normalized spacial score (nSPS) is 33.2. The molecule has 0 aliphatic heterocycles. The van der Waals surface area contributed by atoms with E-state index in [2.05, 4.69) is 9.97 Å². The summed E-state index contributed by atoms with van der Waals surface area (Å²) in [6.07, 6.45) is 3.63. The lowest BCUT2D eigenvalue weighted by atomic mass is 10.2. The van der Waals surface area contributed by atoms with Crippen LogP contribution in [0.25, 0.3) is 0 Å². The van der Waals surface area contributed by atoms with Gasteiger partial charge in [-0.2, -0.15) is 0 Å². The number of aromatic nitrogens is 2. The van der Waals surface area contributed by atoms with Gasteiger partial charge in [0.15, 0.2) is 0 Å². The predicted molar refractivity (Wildman–Crippen MR) is 40.5 cm³/mol. The second-order valence-electron chi connectivity index (χ2n) is 3.11. The van der Waals surface area contributed by atoms with Crippen molar-refractivity contribution in [1.29, 1.82) is 0 Å². The van der Waals surface area contributed by atoms with Crippen molar-refractivity contribution in [2.24, 2.45) is 5.73 Å². The van der Waals surface area contributed by atoms with E-state index < -0.39 is 11.5 Å². The molecule has 2 rings (SSSR count). The van der Waals surface area contributed by atoms with E-state index in [0.29, 0.717) is 6.42 Å². The van der Waals surface area contributed by atoms with Crippen molar-refractivity contribution in [3.8, 4) is 0 Å². The molecule has 5 heteroatoms. The lowest BCUT2D eigenvalue weighted by Crippen LogP contribution is -2.34. The Hall–Kier alpha value is -1.36. The summed E-state index contributed by atoms with van der Waals surface area (Å²) in [4.78, 5) is 17.3. The van der Waals surface area contributed by atoms with Gasteiger partial charge in [-0.3, -0.25) is 4.79 Å². The van der Waals surface area contributed by atoms with Crippen molar-refractivity contribution >= 4 is 5.97 Å². The molecule has 0 amide bonds. The number of nitrogens with two attached hydrogens (primary N) is 1. The fourth-order valence-corrected chi connectivity index (χ4v) is 1.36. The Labute approximate surface area is 68.6 Å². The minimum Gasteiger partial charge on any atom is -0.480 e. The van der Waals surface area contributed by atoms with Crippen LogP contribution in [0.15, 0.2) is 12.5 Å². The fourth-order valence-electron chi connectivity index (χ4n) is 1.36. The second-order valence-corrected chi connectivity index (χ2v) is 3.11. The third-order valence-electron chi connectivity index (χ3n) is 2.30. The maximum atomic E-state index is 10.6. The van der Waals surface area contributed by atoms with E-state index >= 15 is 0 Å². The molecule has 0 saturated heterocycles. The Morgan fingerprint density at radius 3 is 3.08 bits per heavy atom. The quantitative estimate of drug-likeness (QED) is 0.562. The number of rotatable bonds is 2. The molecule has 1 fully saturated rings. The van der Waals surface area contributed by atoms with Gasteiger partial charge in [0.25, 0.3) is 0 Å². The SMILES string of the molecule is NC1(C(=O)O)CC1c1cnc[nH]1. The summed E-state index contributed by atoms with van der Waals surface area (Å²) >= 11 is 0. The van der Waals surface area contributed by atoms with Gasteiger partial charge in [0, 0.05) is 17.8 Å². The van der Waals surface area contributed by atoms with Crippen LogP contribution in [-0.4, -0.2) is 26.6 Å². The van der Waals surface area contributed by atoms with E-state index in [-0.39, 0.29) is 5.92 Å². The average molecular weight is 167 g/mol. The summed E-state index contributed by atoms with van der Waals surface area (Å²) < 4.78 is 0. The molecule has 12 heavy (non-hydrogen) atoms. The highest BCUT2D eigenvalue weighted by Gasteiger charge is 2.59. The number of H-pyrrole nitrogens is 1.